The van der Waals surface area contributed by atoms with E-state index in [9.17, 15) is 0 Å². The molecule has 1 aromatic rings. The highest BCUT2D eigenvalue weighted by Crippen LogP contribution is 2.17. The summed E-state index contributed by atoms with van der Waals surface area (Å²) in [5.74, 6) is 1.49. The second kappa shape index (κ2) is 3.15. The smallest absolute Gasteiger partial charge is 0.202 e. The Morgan fingerprint density at radius 2 is 2.67 bits per heavy atom. The molecular formula is C8H13N3O. The van der Waals surface area contributed by atoms with Gasteiger partial charge in [-0.15, -0.1) is 0 Å². The SMILES string of the molecule is OCCC1CNc2nccn2C1. The van der Waals surface area contributed by atoms with E-state index in [0.29, 0.717) is 5.92 Å². The first-order valence-corrected chi connectivity index (χ1v) is 4.26. The summed E-state index contributed by atoms with van der Waals surface area (Å²) in [5.41, 5.74) is 0. The molecule has 12 heavy (non-hydrogen) atoms. The van der Waals surface area contributed by atoms with Crippen LogP contribution in [0, 0.1) is 5.92 Å². The van der Waals surface area contributed by atoms with Crippen molar-refractivity contribution in [3.8, 4) is 0 Å². The van der Waals surface area contributed by atoms with Gasteiger partial charge in [0.15, 0.2) is 0 Å². The van der Waals surface area contributed by atoms with Gasteiger partial charge < -0.3 is 15.0 Å². The van der Waals surface area contributed by atoms with E-state index >= 15 is 0 Å². The summed E-state index contributed by atoms with van der Waals surface area (Å²) in [6, 6.07) is 0. The van der Waals surface area contributed by atoms with Crippen LogP contribution in [-0.4, -0.2) is 27.8 Å². The maximum Gasteiger partial charge on any atom is 0.202 e. The van der Waals surface area contributed by atoms with Gasteiger partial charge in [-0.1, -0.05) is 0 Å². The maximum absolute atomic E-state index is 8.76. The monoisotopic (exact) mass is 167 g/mol. The maximum atomic E-state index is 8.76. The molecule has 2 heterocycles. The van der Waals surface area contributed by atoms with Crippen molar-refractivity contribution in [3.63, 3.8) is 0 Å². The number of anilines is 1. The minimum atomic E-state index is 0.274. The molecule has 4 heteroatoms. The highest BCUT2D eigenvalue weighted by Gasteiger charge is 2.16. The Bertz CT molecular complexity index is 259. The first-order valence-electron chi connectivity index (χ1n) is 4.26. The summed E-state index contributed by atoms with van der Waals surface area (Å²) in [5, 5.41) is 12.0. The quantitative estimate of drug-likeness (QED) is 0.666. The number of hydrogen-bond donors (Lipinski definition) is 2. The van der Waals surface area contributed by atoms with Gasteiger partial charge in [0, 0.05) is 32.1 Å². The van der Waals surface area contributed by atoms with Crippen LogP contribution in [0.25, 0.3) is 0 Å². The first kappa shape index (κ1) is 7.61. The molecule has 0 amide bonds. The molecule has 2 N–H and O–H groups in total. The number of nitrogens with zero attached hydrogens (tertiary/aromatic N) is 2. The van der Waals surface area contributed by atoms with Crippen molar-refractivity contribution in [1.82, 2.24) is 9.55 Å². The van der Waals surface area contributed by atoms with Crippen molar-refractivity contribution in [2.45, 2.75) is 13.0 Å². The Morgan fingerprint density at radius 1 is 1.75 bits per heavy atom. The van der Waals surface area contributed by atoms with E-state index in [4.69, 9.17) is 5.11 Å². The molecule has 0 bridgehead atoms. The van der Waals surface area contributed by atoms with Gasteiger partial charge in [0.2, 0.25) is 5.95 Å². The van der Waals surface area contributed by atoms with Crippen LogP contribution in [-0.2, 0) is 6.54 Å². The molecule has 4 nitrogen and oxygen atoms in total. The van der Waals surface area contributed by atoms with Crippen molar-refractivity contribution in [2.24, 2.45) is 5.92 Å². The molecule has 0 spiro atoms. The van der Waals surface area contributed by atoms with Crippen molar-refractivity contribution >= 4 is 5.95 Å². The largest absolute Gasteiger partial charge is 0.396 e. The average Bonchev–Trinajstić information content (AvgIpc) is 2.51. The molecule has 66 valence electrons. The van der Waals surface area contributed by atoms with E-state index in [1.165, 1.54) is 0 Å². The molecule has 0 aromatic carbocycles. The van der Waals surface area contributed by atoms with Crippen LogP contribution in [0.4, 0.5) is 5.95 Å². The van der Waals surface area contributed by atoms with Crippen molar-refractivity contribution in [2.75, 3.05) is 18.5 Å². The van der Waals surface area contributed by atoms with Crippen LogP contribution < -0.4 is 5.32 Å². The Kier molecular flexibility index (Phi) is 1.99. The summed E-state index contributed by atoms with van der Waals surface area (Å²) < 4.78 is 2.09. The minimum Gasteiger partial charge on any atom is -0.396 e. The molecule has 0 fully saturated rings. The van der Waals surface area contributed by atoms with Crippen LogP contribution in [0.5, 0.6) is 0 Å². The van der Waals surface area contributed by atoms with E-state index < -0.39 is 0 Å². The van der Waals surface area contributed by atoms with Gasteiger partial charge in [0.1, 0.15) is 0 Å². The molecule has 0 aliphatic carbocycles. The number of aromatic nitrogens is 2. The van der Waals surface area contributed by atoms with Crippen LogP contribution >= 0.6 is 0 Å². The highest BCUT2D eigenvalue weighted by molar-refractivity contribution is 5.27. The van der Waals surface area contributed by atoms with Gasteiger partial charge in [-0.3, -0.25) is 0 Å². The molecule has 1 aromatic heterocycles. The number of nitrogens with one attached hydrogen (secondary N) is 1. The molecular weight excluding hydrogens is 154 g/mol. The summed E-state index contributed by atoms with van der Waals surface area (Å²) in [6.45, 7) is 2.18. The van der Waals surface area contributed by atoms with E-state index in [1.807, 2.05) is 6.20 Å². The summed E-state index contributed by atoms with van der Waals surface area (Å²) in [6.07, 6.45) is 4.63. The van der Waals surface area contributed by atoms with E-state index in [-0.39, 0.29) is 6.61 Å². The van der Waals surface area contributed by atoms with E-state index in [1.54, 1.807) is 6.20 Å². The molecule has 0 radical (unpaired) electrons. The fourth-order valence-corrected chi connectivity index (χ4v) is 1.58. The summed E-state index contributed by atoms with van der Waals surface area (Å²) in [7, 11) is 0. The van der Waals surface area contributed by atoms with Crippen LogP contribution in [0.1, 0.15) is 6.42 Å². The van der Waals surface area contributed by atoms with Crippen molar-refractivity contribution < 1.29 is 5.11 Å². The number of hydrogen-bond acceptors (Lipinski definition) is 3. The van der Waals surface area contributed by atoms with Crippen molar-refractivity contribution in [1.29, 1.82) is 0 Å². The normalized spacial score (nSPS) is 21.6. The van der Waals surface area contributed by atoms with Crippen molar-refractivity contribution in [3.05, 3.63) is 12.4 Å². The number of rotatable bonds is 2. The third-order valence-corrected chi connectivity index (χ3v) is 2.26. The molecule has 1 aliphatic heterocycles. The van der Waals surface area contributed by atoms with Gasteiger partial charge in [0.05, 0.1) is 0 Å². The lowest BCUT2D eigenvalue weighted by atomic mass is 10.1. The predicted molar refractivity (Wildman–Crippen MR) is 45.9 cm³/mol. The predicted octanol–water partition coefficient (Wildman–Crippen LogP) is 0.307. The standard InChI is InChI=1S/C8H13N3O/c12-4-1-7-5-10-8-9-2-3-11(8)6-7/h2-3,7,12H,1,4-6H2,(H,9,10). The van der Waals surface area contributed by atoms with Crippen LogP contribution in [0.15, 0.2) is 12.4 Å². The Hall–Kier alpha value is -1.03. The van der Waals surface area contributed by atoms with Gasteiger partial charge in [-0.2, -0.15) is 0 Å². The lowest BCUT2D eigenvalue weighted by Gasteiger charge is -2.24. The zero-order chi connectivity index (χ0) is 8.39. The van der Waals surface area contributed by atoms with E-state index in [0.717, 1.165) is 25.5 Å². The third-order valence-electron chi connectivity index (χ3n) is 2.26. The lowest BCUT2D eigenvalue weighted by molar-refractivity contribution is 0.248. The number of fused-ring (bicyclic) bond motifs is 1. The zero-order valence-corrected chi connectivity index (χ0v) is 6.90. The Morgan fingerprint density at radius 3 is 3.50 bits per heavy atom. The molecule has 2 rings (SSSR count). The zero-order valence-electron chi connectivity index (χ0n) is 6.90. The van der Waals surface area contributed by atoms with Gasteiger partial charge in [0.25, 0.3) is 0 Å². The van der Waals surface area contributed by atoms with Crippen LogP contribution in [0.3, 0.4) is 0 Å². The third kappa shape index (κ3) is 1.30. The molecule has 0 saturated carbocycles. The lowest BCUT2D eigenvalue weighted by Crippen LogP contribution is -2.27. The first-order chi connectivity index (χ1) is 5.90. The topological polar surface area (TPSA) is 50.1 Å². The molecule has 1 unspecified atom stereocenters. The fraction of sp³-hybridized carbons (Fsp3) is 0.625. The molecule has 1 aliphatic rings. The van der Waals surface area contributed by atoms with Gasteiger partial charge in [-0.05, 0) is 12.3 Å². The minimum absolute atomic E-state index is 0.274. The second-order valence-electron chi connectivity index (χ2n) is 3.16. The molecule has 1 atom stereocenters. The van der Waals surface area contributed by atoms with Gasteiger partial charge in [-0.25, -0.2) is 4.98 Å². The van der Waals surface area contributed by atoms with E-state index in [2.05, 4.69) is 14.9 Å². The summed E-state index contributed by atoms with van der Waals surface area (Å²) in [4.78, 5) is 4.14. The number of aliphatic hydroxyl groups excluding tert-OH is 1. The second-order valence-corrected chi connectivity index (χ2v) is 3.16. The molecule has 0 saturated heterocycles. The van der Waals surface area contributed by atoms with Gasteiger partial charge >= 0.3 is 0 Å². The Balaban J connectivity index is 2.05. The number of imidazole rings is 1. The number of aliphatic hydroxyl groups is 1. The van der Waals surface area contributed by atoms with Crippen LogP contribution in [0.2, 0.25) is 0 Å². The average molecular weight is 167 g/mol. The fourth-order valence-electron chi connectivity index (χ4n) is 1.58. The Labute approximate surface area is 71.2 Å². The highest BCUT2D eigenvalue weighted by atomic mass is 16.3. The summed E-state index contributed by atoms with van der Waals surface area (Å²) >= 11 is 0.